The van der Waals surface area contributed by atoms with Crippen molar-refractivity contribution in [2.45, 2.75) is 35.3 Å². The average molecular weight is 493 g/mol. The molecular weight excluding hydrogens is 464 g/mol. The fourth-order valence-electron chi connectivity index (χ4n) is 4.47. The van der Waals surface area contributed by atoms with E-state index in [0.29, 0.717) is 37.6 Å². The summed E-state index contributed by atoms with van der Waals surface area (Å²) in [7, 11) is -3.67. The number of benzene rings is 2. The van der Waals surface area contributed by atoms with Gasteiger partial charge in [-0.2, -0.15) is 0 Å². The maximum Gasteiger partial charge on any atom is 0.243 e. The van der Waals surface area contributed by atoms with Gasteiger partial charge in [0, 0.05) is 50.7 Å². The predicted octanol–water partition coefficient (Wildman–Crippen LogP) is 2.40. The zero-order valence-electron chi connectivity index (χ0n) is 19.3. The summed E-state index contributed by atoms with van der Waals surface area (Å²) < 4.78 is 32.3. The van der Waals surface area contributed by atoms with Gasteiger partial charge >= 0.3 is 0 Å². The number of nitrogens with zero attached hydrogens (tertiary/aromatic N) is 2. The molecule has 3 heterocycles. The molecule has 2 aromatic carbocycles. The van der Waals surface area contributed by atoms with E-state index in [1.165, 1.54) is 0 Å². The summed E-state index contributed by atoms with van der Waals surface area (Å²) in [6, 6.07) is 15.4. The molecule has 2 N–H and O–H groups in total. The highest BCUT2D eigenvalue weighted by atomic mass is 32.2. The summed E-state index contributed by atoms with van der Waals surface area (Å²) in [5, 5.41) is 6.14. The number of fused-ring (bicyclic) bond motifs is 1. The Bertz CT molecular complexity index is 1280. The third-order valence-corrected chi connectivity index (χ3v) is 8.30. The van der Waals surface area contributed by atoms with Crippen molar-refractivity contribution in [3.63, 3.8) is 0 Å². The van der Waals surface area contributed by atoms with Crippen molar-refractivity contribution in [2.24, 2.45) is 0 Å². The molecule has 1 saturated heterocycles. The molecule has 0 spiro atoms. The number of ether oxygens (including phenoxy) is 1. The van der Waals surface area contributed by atoms with Gasteiger partial charge in [-0.25, -0.2) is 8.42 Å². The smallest absolute Gasteiger partial charge is 0.243 e. The molecule has 3 aromatic rings. The number of carbonyl (C=O) groups is 1. The molecule has 1 unspecified atom stereocenters. The van der Waals surface area contributed by atoms with Gasteiger partial charge in [0.2, 0.25) is 15.7 Å². The van der Waals surface area contributed by atoms with Crippen LogP contribution in [0.3, 0.4) is 0 Å². The number of morpholine rings is 1. The van der Waals surface area contributed by atoms with Gasteiger partial charge in [0.1, 0.15) is 6.04 Å². The van der Waals surface area contributed by atoms with Gasteiger partial charge in [-0.3, -0.25) is 14.7 Å². The number of amides is 1. The van der Waals surface area contributed by atoms with Gasteiger partial charge in [0.25, 0.3) is 0 Å². The quantitative estimate of drug-likeness (QED) is 0.522. The number of pyridine rings is 1. The number of aromatic nitrogens is 1. The molecule has 1 fully saturated rings. The molecule has 1 atom stereocenters. The maximum absolute atomic E-state index is 13.4. The summed E-state index contributed by atoms with van der Waals surface area (Å²) in [6.45, 7) is 3.78. The normalized spacial score (nSPS) is 18.0. The van der Waals surface area contributed by atoms with E-state index in [9.17, 15) is 13.2 Å². The van der Waals surface area contributed by atoms with Gasteiger partial charge in [0.05, 0.1) is 23.0 Å². The van der Waals surface area contributed by atoms with E-state index in [1.807, 2.05) is 18.2 Å². The lowest BCUT2D eigenvalue weighted by Crippen LogP contribution is -2.38. The average Bonchev–Trinajstić information content (AvgIpc) is 3.33. The van der Waals surface area contributed by atoms with E-state index in [4.69, 9.17) is 4.74 Å². The molecule has 5 rings (SSSR count). The maximum atomic E-state index is 13.4. The Morgan fingerprint density at radius 3 is 2.63 bits per heavy atom. The number of rotatable bonds is 7. The van der Waals surface area contributed by atoms with Crippen molar-refractivity contribution in [3.05, 3.63) is 83.7 Å². The van der Waals surface area contributed by atoms with Crippen molar-refractivity contribution in [1.29, 1.82) is 0 Å². The zero-order chi connectivity index (χ0) is 24.3. The minimum Gasteiger partial charge on any atom is -0.379 e. The van der Waals surface area contributed by atoms with E-state index < -0.39 is 9.84 Å². The molecule has 1 amide bonds. The van der Waals surface area contributed by atoms with Crippen LogP contribution in [0, 0.1) is 0 Å². The second kappa shape index (κ2) is 10.2. The molecule has 9 heteroatoms. The van der Waals surface area contributed by atoms with Gasteiger partial charge in [-0.05, 0) is 41.0 Å². The first kappa shape index (κ1) is 23.5. The molecule has 8 nitrogen and oxygen atoms in total. The number of nitrogens with one attached hydrogen (secondary N) is 2. The number of carbonyl (C=O) groups excluding carboxylic acids is 1. The van der Waals surface area contributed by atoms with Crippen molar-refractivity contribution in [1.82, 2.24) is 15.2 Å². The van der Waals surface area contributed by atoms with Crippen LogP contribution in [0.5, 0.6) is 0 Å². The molecule has 182 valence electrons. The highest BCUT2D eigenvalue weighted by Gasteiger charge is 2.27. The van der Waals surface area contributed by atoms with Gasteiger partial charge < -0.3 is 15.4 Å². The predicted molar refractivity (Wildman–Crippen MR) is 132 cm³/mol. The van der Waals surface area contributed by atoms with E-state index in [0.717, 1.165) is 35.5 Å². The highest BCUT2D eigenvalue weighted by Crippen LogP contribution is 2.26. The summed E-state index contributed by atoms with van der Waals surface area (Å²) >= 11 is 0. The molecule has 1 aromatic heterocycles. The summed E-state index contributed by atoms with van der Waals surface area (Å²) in [5.41, 5.74) is 3.57. The Morgan fingerprint density at radius 2 is 1.86 bits per heavy atom. The number of sulfone groups is 1. The van der Waals surface area contributed by atoms with Crippen molar-refractivity contribution in [3.8, 4) is 0 Å². The second-order valence-electron chi connectivity index (χ2n) is 8.80. The van der Waals surface area contributed by atoms with E-state index in [1.54, 1.807) is 48.8 Å². The molecule has 2 aliphatic heterocycles. The topological polar surface area (TPSA) is 101 Å². The molecule has 0 saturated carbocycles. The first-order valence-electron chi connectivity index (χ1n) is 11.7. The van der Waals surface area contributed by atoms with Crippen LogP contribution in [0.1, 0.15) is 16.7 Å². The van der Waals surface area contributed by atoms with Gasteiger partial charge in [-0.1, -0.05) is 30.3 Å². The monoisotopic (exact) mass is 492 g/mol. The SMILES string of the molecule is O=C(NCc1ccc(S(=O)(=O)c2ccccc2CN2CCOCC2)cc1)C1Cc2cnccc2N1. The Kier molecular flexibility index (Phi) is 6.81. The number of hydrogen-bond acceptors (Lipinski definition) is 7. The highest BCUT2D eigenvalue weighted by molar-refractivity contribution is 7.91. The lowest BCUT2D eigenvalue weighted by molar-refractivity contribution is -0.121. The molecular formula is C26H28N4O4S. The zero-order valence-corrected chi connectivity index (χ0v) is 20.1. The van der Waals surface area contributed by atoms with E-state index in [-0.39, 0.29) is 16.8 Å². The molecule has 2 aliphatic rings. The lowest BCUT2D eigenvalue weighted by Gasteiger charge is -2.27. The van der Waals surface area contributed by atoms with Crippen LogP contribution in [0.25, 0.3) is 0 Å². The summed E-state index contributed by atoms with van der Waals surface area (Å²) in [6.07, 6.45) is 4.06. The fraction of sp³-hybridized carbons (Fsp3) is 0.308. The van der Waals surface area contributed by atoms with Crippen LogP contribution in [0.15, 0.2) is 76.8 Å². The molecule has 0 aliphatic carbocycles. The third kappa shape index (κ3) is 5.22. The van der Waals surface area contributed by atoms with Crippen LogP contribution < -0.4 is 10.6 Å². The minimum absolute atomic E-state index is 0.102. The fourth-order valence-corrected chi connectivity index (χ4v) is 5.95. The largest absolute Gasteiger partial charge is 0.379 e. The van der Waals surface area contributed by atoms with E-state index >= 15 is 0 Å². The van der Waals surface area contributed by atoms with Crippen LogP contribution in [0.4, 0.5) is 5.69 Å². The number of anilines is 1. The Hall–Kier alpha value is -3.27. The van der Waals surface area contributed by atoms with Crippen LogP contribution in [-0.2, 0) is 38.9 Å². The van der Waals surface area contributed by atoms with Crippen LogP contribution in [-0.4, -0.2) is 56.6 Å². The van der Waals surface area contributed by atoms with Crippen molar-refractivity contribution in [2.75, 3.05) is 31.6 Å². The Labute approximate surface area is 205 Å². The second-order valence-corrected chi connectivity index (χ2v) is 10.7. The standard InChI is InChI=1S/C26H28N4O4S/c31-26(24-15-21-17-27-10-9-23(21)29-24)28-16-19-5-7-22(8-6-19)35(32,33)25-4-2-1-3-20(25)18-30-11-13-34-14-12-30/h1-10,17,24,29H,11-16,18H2,(H,28,31). The summed E-state index contributed by atoms with van der Waals surface area (Å²) in [4.78, 5) is 19.5. The number of hydrogen-bond donors (Lipinski definition) is 2. The first-order chi connectivity index (χ1) is 17.0. The lowest BCUT2D eigenvalue weighted by atomic mass is 10.1. The van der Waals surface area contributed by atoms with Crippen LogP contribution in [0.2, 0.25) is 0 Å². The van der Waals surface area contributed by atoms with Crippen molar-refractivity contribution >= 4 is 21.4 Å². The minimum atomic E-state index is -3.67. The van der Waals surface area contributed by atoms with Gasteiger partial charge in [-0.15, -0.1) is 0 Å². The first-order valence-corrected chi connectivity index (χ1v) is 13.2. The van der Waals surface area contributed by atoms with Crippen LogP contribution >= 0.6 is 0 Å². The Morgan fingerprint density at radius 1 is 1.09 bits per heavy atom. The molecule has 35 heavy (non-hydrogen) atoms. The molecule has 0 radical (unpaired) electrons. The van der Waals surface area contributed by atoms with Crippen molar-refractivity contribution < 1.29 is 17.9 Å². The van der Waals surface area contributed by atoms with E-state index in [2.05, 4.69) is 20.5 Å². The summed E-state index contributed by atoms with van der Waals surface area (Å²) in [5.74, 6) is -0.102. The molecule has 0 bridgehead atoms. The Balaban J connectivity index is 1.24. The third-order valence-electron chi connectivity index (χ3n) is 6.43. The van der Waals surface area contributed by atoms with Gasteiger partial charge in [0.15, 0.2) is 0 Å².